The van der Waals surface area contributed by atoms with Crippen LogP contribution in [0.25, 0.3) is 34.0 Å². The van der Waals surface area contributed by atoms with E-state index in [0.717, 1.165) is 46.0 Å². The van der Waals surface area contributed by atoms with Crippen molar-refractivity contribution >= 4 is 65.3 Å². The van der Waals surface area contributed by atoms with E-state index in [4.69, 9.17) is 48.9 Å². The topological polar surface area (TPSA) is 223 Å². The van der Waals surface area contributed by atoms with Crippen LogP contribution in [0.1, 0.15) is 61.0 Å². The van der Waals surface area contributed by atoms with Crippen LogP contribution in [-0.2, 0) is 38.6 Å². The van der Waals surface area contributed by atoms with Crippen molar-refractivity contribution in [3.63, 3.8) is 0 Å². The van der Waals surface area contributed by atoms with Crippen LogP contribution >= 0.6 is 0 Å². The molecule has 0 spiro atoms. The van der Waals surface area contributed by atoms with Gasteiger partial charge < -0.3 is 39.4 Å². The Morgan fingerprint density at radius 3 is 1.53 bits per heavy atom. The van der Waals surface area contributed by atoms with Crippen LogP contribution in [-0.4, -0.2) is 147 Å². The Morgan fingerprint density at radius 1 is 0.588 bits per heavy atom. The number of fused-ring (bicyclic) bond motifs is 8. The maximum absolute atomic E-state index is 13.1. The van der Waals surface area contributed by atoms with E-state index in [2.05, 4.69) is 20.4 Å². The van der Waals surface area contributed by atoms with Gasteiger partial charge in [-0.25, -0.2) is 45.9 Å². The second-order valence-electron chi connectivity index (χ2n) is 18.8. The predicted octanol–water partition coefficient (Wildman–Crippen LogP) is 4.37. The third kappa shape index (κ3) is 6.94. The molecule has 2 aromatic carbocycles. The van der Waals surface area contributed by atoms with Crippen LogP contribution in [0.5, 0.6) is 11.5 Å². The maximum atomic E-state index is 13.1. The highest BCUT2D eigenvalue weighted by Crippen LogP contribution is 2.54. The van der Waals surface area contributed by atoms with Gasteiger partial charge in [-0.15, -0.1) is 0 Å². The zero-order valence-corrected chi connectivity index (χ0v) is 40.7. The molecule has 0 unspecified atom stereocenters. The number of nitrogens with zero attached hydrogens (tertiary/aromatic N) is 10. The summed E-state index contributed by atoms with van der Waals surface area (Å²) in [6.07, 6.45) is 6.35. The Labute approximate surface area is 394 Å². The molecular weight excluding hydrogens is 913 g/mol. The molecule has 0 bridgehead atoms. The highest BCUT2D eigenvalue weighted by Gasteiger charge is 2.54. The Morgan fingerprint density at radius 2 is 1.06 bits per heavy atom. The third-order valence-electron chi connectivity index (χ3n) is 14.6. The van der Waals surface area contributed by atoms with Gasteiger partial charge in [0, 0.05) is 39.7 Å². The van der Waals surface area contributed by atoms with Gasteiger partial charge in [-0.05, 0) is 87.8 Å². The summed E-state index contributed by atoms with van der Waals surface area (Å²) in [6, 6.07) is 12.1. The highest BCUT2D eigenvalue weighted by molar-refractivity contribution is 7.92. The molecule has 0 radical (unpaired) electrons. The lowest BCUT2D eigenvalue weighted by Crippen LogP contribution is -2.52. The summed E-state index contributed by atoms with van der Waals surface area (Å²) in [7, 11) is -3.29. The van der Waals surface area contributed by atoms with E-state index in [1.165, 1.54) is 12.5 Å². The molecular formula is C46H56N12O8S2. The summed E-state index contributed by atoms with van der Waals surface area (Å²) in [5.41, 5.74) is 6.42. The van der Waals surface area contributed by atoms with Gasteiger partial charge in [0.2, 0.25) is 23.8 Å². The molecule has 4 fully saturated rings. The van der Waals surface area contributed by atoms with E-state index in [1.807, 2.05) is 59.4 Å². The smallest absolute Gasteiger partial charge is 0.239 e. The van der Waals surface area contributed by atoms with Gasteiger partial charge >= 0.3 is 0 Å². The first kappa shape index (κ1) is 44.7. The summed E-state index contributed by atoms with van der Waals surface area (Å²) >= 11 is 0. The second kappa shape index (κ2) is 16.4. The summed E-state index contributed by atoms with van der Waals surface area (Å²) in [5.74, 6) is 4.17. The number of nitrogens with one attached hydrogen (secondary N) is 2. The van der Waals surface area contributed by atoms with Crippen LogP contribution in [0.4, 0.5) is 23.5 Å². The Balaban J connectivity index is 0.000000149. The first-order chi connectivity index (χ1) is 32.6. The lowest BCUT2D eigenvalue weighted by atomic mass is 9.81. The van der Waals surface area contributed by atoms with E-state index in [9.17, 15) is 16.8 Å². The van der Waals surface area contributed by atoms with Gasteiger partial charge in [0.05, 0.1) is 60.6 Å². The van der Waals surface area contributed by atoms with Gasteiger partial charge in [-0.2, -0.15) is 9.97 Å². The molecule has 20 nitrogen and oxygen atoms in total. The fourth-order valence-corrected chi connectivity index (χ4v) is 13.5. The summed E-state index contributed by atoms with van der Waals surface area (Å²) < 4.78 is 77.7. The average Bonchev–Trinajstić information content (AvgIpc) is 3.84. The quantitative estimate of drug-likeness (QED) is 0.216. The molecule has 68 heavy (non-hydrogen) atoms. The Bertz CT molecular complexity index is 3220. The van der Waals surface area contributed by atoms with E-state index in [1.54, 1.807) is 14.1 Å². The van der Waals surface area contributed by atoms with Crippen molar-refractivity contribution in [2.75, 3.05) is 99.8 Å². The minimum absolute atomic E-state index is 0.0259. The number of aromatic nitrogens is 8. The summed E-state index contributed by atoms with van der Waals surface area (Å²) in [6.45, 7) is 8.43. The van der Waals surface area contributed by atoms with Gasteiger partial charge in [0.15, 0.2) is 42.8 Å². The average molecular weight is 969 g/mol. The second-order valence-corrected chi connectivity index (χ2v) is 23.4. The Hall–Kier alpha value is -5.84. The molecule has 8 heterocycles. The molecule has 22 heteroatoms. The molecule has 4 aromatic heterocycles. The number of hydrogen-bond acceptors (Lipinski definition) is 18. The number of rotatable bonds is 8. The van der Waals surface area contributed by atoms with Crippen molar-refractivity contribution < 1.29 is 35.8 Å². The number of benzene rings is 2. The molecule has 12 rings (SSSR count). The molecule has 2 atom stereocenters. The minimum Gasteiger partial charge on any atom is -0.486 e. The molecule has 360 valence electrons. The fourth-order valence-electron chi connectivity index (χ4n) is 10.5. The number of hydrogen-bond donors (Lipinski definition) is 2. The van der Waals surface area contributed by atoms with Gasteiger partial charge in [0.25, 0.3) is 0 Å². The van der Waals surface area contributed by atoms with Crippen LogP contribution in [0.2, 0.25) is 0 Å². The number of ether oxygens (including phenoxy) is 4. The van der Waals surface area contributed by atoms with E-state index in [0.29, 0.717) is 137 Å². The first-order valence-corrected chi connectivity index (χ1v) is 27.0. The standard InChI is InChI=1S/2C23H28N6O4S/c1-14-5-6-17-16(11-14)25-21(24-2)29(17)22-26-19(23(7-4-8-23)34(3,30)31)18-20(27-22)28-9-10-32-12-15(28)13-33-18;1-14-5-6-16-17(11-14)29(21(24-2)25-16)22-26-19(23(7-4-8-23)34(3,30)31)18-20(27-22)28-9-10-32-12-15(28)13-33-18/h2*5-6,11,15H,4,7-10,12-13H2,1-3H3,(H,24,25)/t2*15-/m00/s1. The van der Waals surface area contributed by atoms with Crippen LogP contribution < -0.4 is 29.9 Å². The number of anilines is 4. The van der Waals surface area contributed by atoms with Gasteiger partial charge in [-0.3, -0.25) is 0 Å². The molecule has 4 aliphatic heterocycles. The largest absolute Gasteiger partial charge is 0.486 e. The van der Waals surface area contributed by atoms with Gasteiger partial charge in [-0.1, -0.05) is 12.1 Å². The highest BCUT2D eigenvalue weighted by atomic mass is 32.2. The molecule has 6 aliphatic rings. The van der Waals surface area contributed by atoms with Crippen molar-refractivity contribution in [2.24, 2.45) is 0 Å². The lowest BCUT2D eigenvalue weighted by molar-refractivity contribution is 0.0686. The third-order valence-corrected chi connectivity index (χ3v) is 18.6. The fraction of sp³-hybridized carbons (Fsp3) is 0.522. The molecule has 0 amide bonds. The minimum atomic E-state index is -3.45. The van der Waals surface area contributed by atoms with Crippen molar-refractivity contribution in [1.82, 2.24) is 39.0 Å². The van der Waals surface area contributed by atoms with Crippen molar-refractivity contribution in [1.29, 1.82) is 0 Å². The first-order valence-electron chi connectivity index (χ1n) is 23.2. The maximum Gasteiger partial charge on any atom is 0.239 e. The monoisotopic (exact) mass is 968 g/mol. The van der Waals surface area contributed by atoms with Crippen LogP contribution in [0, 0.1) is 13.8 Å². The molecule has 6 aromatic rings. The zero-order valence-electron chi connectivity index (χ0n) is 39.1. The van der Waals surface area contributed by atoms with E-state index < -0.39 is 29.2 Å². The number of sulfone groups is 2. The Kier molecular flexibility index (Phi) is 10.8. The van der Waals surface area contributed by atoms with Crippen LogP contribution in [0.3, 0.4) is 0 Å². The van der Waals surface area contributed by atoms with Crippen LogP contribution in [0.15, 0.2) is 36.4 Å². The normalized spacial score (nSPS) is 21.4. The van der Waals surface area contributed by atoms with Crippen molar-refractivity contribution in [3.8, 4) is 23.4 Å². The van der Waals surface area contributed by atoms with E-state index in [-0.39, 0.29) is 12.1 Å². The number of aryl methyl sites for hydroxylation is 2. The van der Waals surface area contributed by atoms with E-state index >= 15 is 0 Å². The lowest BCUT2D eigenvalue weighted by Gasteiger charge is -2.44. The molecule has 2 saturated heterocycles. The molecule has 2 saturated carbocycles. The van der Waals surface area contributed by atoms with Gasteiger partial charge in [0.1, 0.15) is 34.1 Å². The van der Waals surface area contributed by atoms with Crippen molar-refractivity contribution in [3.05, 3.63) is 58.9 Å². The van der Waals surface area contributed by atoms with Crippen molar-refractivity contribution in [2.45, 2.75) is 74.0 Å². The molecule has 2 aliphatic carbocycles. The summed E-state index contributed by atoms with van der Waals surface area (Å²) in [5, 5.41) is 6.29. The zero-order chi connectivity index (χ0) is 47.3. The SMILES string of the molecule is CNc1nc2cc(C)ccc2n1-c1nc2c(c(C3(S(C)(=O)=O)CCC3)n1)OC[C@@H]1COCCN21.CNc1nc2ccc(C)cc2n1-c1nc2c(c(C3(S(C)(=O)=O)CCC3)n1)OC[C@@H]1COCCN21. The summed E-state index contributed by atoms with van der Waals surface area (Å²) in [4.78, 5) is 33.5. The number of morpholine rings is 2. The number of imidazole rings is 2. The predicted molar refractivity (Wildman–Crippen MR) is 258 cm³/mol. The molecule has 2 N–H and O–H groups in total.